The largest absolute Gasteiger partial charge is 0.480 e. The van der Waals surface area contributed by atoms with Crippen molar-refractivity contribution >= 4 is 5.97 Å². The highest BCUT2D eigenvalue weighted by molar-refractivity contribution is 5.78. The number of nitrogens with zero attached hydrogens (tertiary/aromatic N) is 1. The molecule has 1 saturated heterocycles. The monoisotopic (exact) mass is 286 g/mol. The molecule has 0 aromatic carbocycles. The first kappa shape index (κ1) is 17.4. The zero-order valence-corrected chi connectivity index (χ0v) is 13.6. The highest BCUT2D eigenvalue weighted by atomic mass is 16.5. The molecule has 2 N–H and O–H groups in total. The van der Waals surface area contributed by atoms with Gasteiger partial charge in [-0.2, -0.15) is 0 Å². The Morgan fingerprint density at radius 3 is 2.50 bits per heavy atom. The predicted octanol–water partition coefficient (Wildman–Crippen LogP) is 1.72. The Bertz CT molecular complexity index is 335. The maximum absolute atomic E-state index is 11.6. The Hall–Kier alpha value is -0.650. The molecule has 1 aliphatic rings. The van der Waals surface area contributed by atoms with Gasteiger partial charge in [0.25, 0.3) is 0 Å². The van der Waals surface area contributed by atoms with Gasteiger partial charge in [-0.15, -0.1) is 0 Å². The van der Waals surface area contributed by atoms with E-state index >= 15 is 0 Å². The van der Waals surface area contributed by atoms with Gasteiger partial charge in [-0.25, -0.2) is 0 Å². The van der Waals surface area contributed by atoms with Crippen LogP contribution in [0.25, 0.3) is 0 Å². The molecule has 0 radical (unpaired) electrons. The van der Waals surface area contributed by atoms with E-state index in [9.17, 15) is 9.90 Å². The minimum Gasteiger partial charge on any atom is -0.480 e. The van der Waals surface area contributed by atoms with Crippen LogP contribution in [-0.2, 0) is 9.53 Å². The Labute approximate surface area is 122 Å². The summed E-state index contributed by atoms with van der Waals surface area (Å²) in [4.78, 5) is 13.9. The molecule has 0 aliphatic carbocycles. The van der Waals surface area contributed by atoms with Gasteiger partial charge in [0.15, 0.2) is 0 Å². The fourth-order valence-electron chi connectivity index (χ4n) is 3.16. The van der Waals surface area contributed by atoms with E-state index in [2.05, 4.69) is 31.1 Å². The summed E-state index contributed by atoms with van der Waals surface area (Å²) in [7, 11) is 2.07. The number of nitrogens with one attached hydrogen (secondary N) is 1. The van der Waals surface area contributed by atoms with Crippen LogP contribution < -0.4 is 5.32 Å². The molecule has 1 rings (SSSR count). The van der Waals surface area contributed by atoms with Crippen LogP contribution in [0.4, 0.5) is 0 Å². The Balaban J connectivity index is 2.70. The average molecular weight is 286 g/mol. The maximum atomic E-state index is 11.6. The number of likely N-dealkylation sites (N-methyl/N-ethyl adjacent to an activating group) is 1. The number of rotatable bonds is 7. The zero-order valence-electron chi connectivity index (χ0n) is 13.6. The Morgan fingerprint density at radius 1 is 1.50 bits per heavy atom. The molecule has 4 atom stereocenters. The summed E-state index contributed by atoms with van der Waals surface area (Å²) in [5.41, 5.74) is -0.898. The van der Waals surface area contributed by atoms with Crippen molar-refractivity contribution in [2.45, 2.75) is 77.2 Å². The smallest absolute Gasteiger partial charge is 0.323 e. The van der Waals surface area contributed by atoms with Crippen molar-refractivity contribution in [1.82, 2.24) is 10.2 Å². The number of carboxylic acid groups (broad SMARTS) is 1. The molecule has 5 heteroatoms. The van der Waals surface area contributed by atoms with Crippen molar-refractivity contribution in [2.24, 2.45) is 0 Å². The third-order valence-electron chi connectivity index (χ3n) is 4.34. The van der Waals surface area contributed by atoms with Gasteiger partial charge in [-0.05, 0) is 54.5 Å². The second-order valence-electron chi connectivity index (χ2n) is 6.59. The van der Waals surface area contributed by atoms with E-state index in [1.807, 2.05) is 13.8 Å². The van der Waals surface area contributed by atoms with Crippen LogP contribution in [0.5, 0.6) is 0 Å². The fourth-order valence-corrected chi connectivity index (χ4v) is 3.16. The molecule has 1 fully saturated rings. The second-order valence-corrected chi connectivity index (χ2v) is 6.59. The summed E-state index contributed by atoms with van der Waals surface area (Å²) in [6.07, 6.45) is 1.81. The third-order valence-corrected chi connectivity index (χ3v) is 4.34. The van der Waals surface area contributed by atoms with Crippen molar-refractivity contribution in [2.75, 3.05) is 13.7 Å². The van der Waals surface area contributed by atoms with Crippen molar-refractivity contribution < 1.29 is 14.6 Å². The number of hydrogen-bond donors (Lipinski definition) is 2. The van der Waals surface area contributed by atoms with Gasteiger partial charge >= 0.3 is 5.97 Å². The number of carboxylic acids is 1. The van der Waals surface area contributed by atoms with Gasteiger partial charge in [0.1, 0.15) is 5.54 Å². The van der Waals surface area contributed by atoms with Crippen LogP contribution in [0.15, 0.2) is 0 Å². The van der Waals surface area contributed by atoms with Gasteiger partial charge in [0.05, 0.1) is 6.10 Å². The molecule has 20 heavy (non-hydrogen) atoms. The molecule has 0 spiro atoms. The number of ether oxygens (including phenoxy) is 1. The normalized spacial score (nSPS) is 27.8. The lowest BCUT2D eigenvalue weighted by molar-refractivity contribution is -0.145. The van der Waals surface area contributed by atoms with Crippen molar-refractivity contribution in [3.8, 4) is 0 Å². The van der Waals surface area contributed by atoms with Crippen LogP contribution in [0.1, 0.15) is 47.5 Å². The lowest BCUT2D eigenvalue weighted by atomic mass is 9.91. The first-order chi connectivity index (χ1) is 9.17. The fraction of sp³-hybridized carbons (Fsp3) is 0.933. The van der Waals surface area contributed by atoms with Crippen molar-refractivity contribution in [3.63, 3.8) is 0 Å². The summed E-state index contributed by atoms with van der Waals surface area (Å²) in [5, 5.41) is 12.7. The summed E-state index contributed by atoms with van der Waals surface area (Å²) in [5.74, 6) is -0.790. The van der Waals surface area contributed by atoms with E-state index in [1.54, 1.807) is 6.92 Å². The minimum atomic E-state index is -0.898. The van der Waals surface area contributed by atoms with Gasteiger partial charge in [-0.3, -0.25) is 15.0 Å². The number of aliphatic carboxylic acids is 1. The van der Waals surface area contributed by atoms with E-state index in [0.29, 0.717) is 12.5 Å². The third kappa shape index (κ3) is 4.17. The molecule has 0 bridgehead atoms. The Kier molecular flexibility index (Phi) is 5.98. The van der Waals surface area contributed by atoms with E-state index in [0.717, 1.165) is 13.0 Å². The lowest BCUT2D eigenvalue weighted by Crippen LogP contribution is -2.56. The van der Waals surface area contributed by atoms with E-state index < -0.39 is 11.5 Å². The van der Waals surface area contributed by atoms with E-state index in [-0.39, 0.29) is 18.2 Å². The molecule has 1 heterocycles. The minimum absolute atomic E-state index is 0.141. The van der Waals surface area contributed by atoms with E-state index in [1.165, 1.54) is 0 Å². The standard InChI is InChI=1S/C15H30N2O3/c1-10(2)16-15(5,14(18)19)9-11(3)17(6)13-7-8-20-12(13)4/h10-13,16H,7-9H2,1-6H3,(H,18,19). The van der Waals surface area contributed by atoms with Crippen molar-refractivity contribution in [3.05, 3.63) is 0 Å². The molecule has 4 unspecified atom stereocenters. The summed E-state index contributed by atoms with van der Waals surface area (Å²) in [6.45, 7) is 10.7. The quantitative estimate of drug-likeness (QED) is 0.746. The molecule has 0 amide bonds. The number of hydrogen-bond acceptors (Lipinski definition) is 4. The van der Waals surface area contributed by atoms with Gasteiger partial charge in [0, 0.05) is 24.7 Å². The number of carbonyl (C=O) groups is 1. The summed E-state index contributed by atoms with van der Waals surface area (Å²) < 4.78 is 5.61. The molecule has 5 nitrogen and oxygen atoms in total. The molecule has 0 saturated carbocycles. The van der Waals surface area contributed by atoms with Crippen LogP contribution in [0, 0.1) is 0 Å². The topological polar surface area (TPSA) is 61.8 Å². The predicted molar refractivity (Wildman–Crippen MR) is 80.0 cm³/mol. The maximum Gasteiger partial charge on any atom is 0.323 e. The molecule has 0 aromatic heterocycles. The lowest BCUT2D eigenvalue weighted by Gasteiger charge is -2.37. The first-order valence-corrected chi connectivity index (χ1v) is 7.52. The van der Waals surface area contributed by atoms with Gasteiger partial charge in [0.2, 0.25) is 0 Å². The molecule has 0 aromatic rings. The van der Waals surface area contributed by atoms with Crippen LogP contribution >= 0.6 is 0 Å². The van der Waals surface area contributed by atoms with Crippen LogP contribution in [-0.4, -0.2) is 59.4 Å². The highest BCUT2D eigenvalue weighted by Gasteiger charge is 2.38. The SMILES string of the molecule is CC(C)NC(C)(CC(C)N(C)C1CCOC1C)C(=O)O. The average Bonchev–Trinajstić information content (AvgIpc) is 2.72. The van der Waals surface area contributed by atoms with Crippen LogP contribution in [0.2, 0.25) is 0 Å². The second kappa shape index (κ2) is 6.87. The van der Waals surface area contributed by atoms with Gasteiger partial charge in [-0.1, -0.05) is 0 Å². The molecule has 118 valence electrons. The summed E-state index contributed by atoms with van der Waals surface area (Å²) in [6, 6.07) is 0.695. The molecular weight excluding hydrogens is 256 g/mol. The molecular formula is C15H30N2O3. The summed E-state index contributed by atoms with van der Waals surface area (Å²) >= 11 is 0. The highest BCUT2D eigenvalue weighted by Crippen LogP contribution is 2.24. The van der Waals surface area contributed by atoms with Crippen molar-refractivity contribution in [1.29, 1.82) is 0 Å². The zero-order chi connectivity index (χ0) is 15.5. The molecule has 1 aliphatic heterocycles. The van der Waals surface area contributed by atoms with Crippen LogP contribution in [0.3, 0.4) is 0 Å². The first-order valence-electron chi connectivity index (χ1n) is 7.52. The van der Waals surface area contributed by atoms with E-state index in [4.69, 9.17) is 4.74 Å². The van der Waals surface area contributed by atoms with Gasteiger partial charge < -0.3 is 9.84 Å². The Morgan fingerprint density at radius 2 is 2.10 bits per heavy atom.